The smallest absolute Gasteiger partial charge is 0.305 e. The third-order valence-electron chi connectivity index (χ3n) is 3.03. The molecule has 0 heterocycles. The molecule has 0 spiro atoms. The van der Waals surface area contributed by atoms with Gasteiger partial charge in [-0.15, -0.1) is 0 Å². The predicted octanol–water partition coefficient (Wildman–Crippen LogP) is -0.327. The summed E-state index contributed by atoms with van der Waals surface area (Å²) in [4.78, 5) is 11.3. The number of carbonyl (C=O) groups is 1. The summed E-state index contributed by atoms with van der Waals surface area (Å²) in [5.41, 5.74) is 1.63. The second-order valence-corrected chi connectivity index (χ2v) is 4.08. The molecule has 0 aliphatic carbocycles. The van der Waals surface area contributed by atoms with Gasteiger partial charge in [0.15, 0.2) is 5.79 Å². The second kappa shape index (κ2) is 6.78. The van der Waals surface area contributed by atoms with E-state index in [1.165, 1.54) is 21.3 Å². The molecule has 4 radical (unpaired) electrons. The summed E-state index contributed by atoms with van der Waals surface area (Å²) in [6, 6.07) is 5.05. The number of hydrogen-bond acceptors (Lipinski definition) is 4. The van der Waals surface area contributed by atoms with Crippen molar-refractivity contribution in [1.82, 2.24) is 0 Å². The molecule has 0 amide bonds. The molecule has 0 aliphatic heterocycles. The highest BCUT2D eigenvalue weighted by molar-refractivity contribution is 6.36. The monoisotopic (exact) mass is 258 g/mol. The molecular formula is C13H16B2O4. The zero-order chi connectivity index (χ0) is 14.5. The van der Waals surface area contributed by atoms with E-state index in [1.807, 2.05) is 0 Å². The highest BCUT2D eigenvalue weighted by atomic mass is 16.7. The Morgan fingerprint density at radius 1 is 1.21 bits per heavy atom. The molecule has 4 nitrogen and oxygen atoms in total. The van der Waals surface area contributed by atoms with Crippen molar-refractivity contribution in [2.75, 3.05) is 21.3 Å². The fourth-order valence-corrected chi connectivity index (χ4v) is 1.91. The minimum absolute atomic E-state index is 0.145. The molecule has 0 N–H and O–H groups in total. The summed E-state index contributed by atoms with van der Waals surface area (Å²) in [5, 5.41) is 0. The van der Waals surface area contributed by atoms with Crippen molar-refractivity contribution in [3.63, 3.8) is 0 Å². The summed E-state index contributed by atoms with van der Waals surface area (Å²) in [6.45, 7) is 0. The van der Waals surface area contributed by atoms with Gasteiger partial charge in [0, 0.05) is 26.2 Å². The lowest BCUT2D eigenvalue weighted by Crippen LogP contribution is -2.37. The van der Waals surface area contributed by atoms with E-state index in [4.69, 9.17) is 25.2 Å². The average molecular weight is 258 g/mol. The molecule has 0 unspecified atom stereocenters. The Labute approximate surface area is 116 Å². The van der Waals surface area contributed by atoms with E-state index in [0.29, 0.717) is 16.5 Å². The van der Waals surface area contributed by atoms with E-state index in [1.54, 1.807) is 18.2 Å². The van der Waals surface area contributed by atoms with Crippen LogP contribution in [-0.2, 0) is 24.8 Å². The van der Waals surface area contributed by atoms with Crippen LogP contribution < -0.4 is 10.9 Å². The minimum atomic E-state index is -1.12. The first kappa shape index (κ1) is 15.8. The lowest BCUT2D eigenvalue weighted by Gasteiger charge is -2.33. The van der Waals surface area contributed by atoms with Crippen LogP contribution in [0.4, 0.5) is 0 Å². The molecule has 1 aromatic rings. The van der Waals surface area contributed by atoms with Crippen molar-refractivity contribution in [3.8, 4) is 0 Å². The Balaban J connectivity index is 3.10. The van der Waals surface area contributed by atoms with Gasteiger partial charge in [-0.1, -0.05) is 29.1 Å². The van der Waals surface area contributed by atoms with E-state index < -0.39 is 5.79 Å². The van der Waals surface area contributed by atoms with Gasteiger partial charge < -0.3 is 14.2 Å². The van der Waals surface area contributed by atoms with Crippen molar-refractivity contribution in [1.29, 1.82) is 0 Å². The van der Waals surface area contributed by atoms with Crippen LogP contribution in [0.25, 0.3) is 0 Å². The van der Waals surface area contributed by atoms with Gasteiger partial charge in [0.1, 0.15) is 15.7 Å². The standard InChI is InChI=1S/C13H16B2O4/c1-17-12(16)6-7-13(18-2,19-3)10-8-9(14)4-5-11(10)15/h4-5,8H,6-7H2,1-3H3. The summed E-state index contributed by atoms with van der Waals surface area (Å²) >= 11 is 0. The van der Waals surface area contributed by atoms with E-state index in [-0.39, 0.29) is 18.8 Å². The average Bonchev–Trinajstić information content (AvgIpc) is 2.43. The molecule has 0 atom stereocenters. The molecule has 19 heavy (non-hydrogen) atoms. The summed E-state index contributed by atoms with van der Waals surface area (Å²) in [6.07, 6.45) is 0.423. The van der Waals surface area contributed by atoms with Gasteiger partial charge in [-0.2, -0.15) is 0 Å². The van der Waals surface area contributed by atoms with Gasteiger partial charge >= 0.3 is 5.97 Å². The third kappa shape index (κ3) is 3.61. The van der Waals surface area contributed by atoms with Gasteiger partial charge in [-0.05, 0) is 0 Å². The van der Waals surface area contributed by atoms with Gasteiger partial charge in [0.2, 0.25) is 0 Å². The second-order valence-electron chi connectivity index (χ2n) is 4.08. The SMILES string of the molecule is [B]c1ccc([B])c(C(CCC(=O)OC)(OC)OC)c1. The van der Waals surface area contributed by atoms with E-state index in [0.717, 1.165) is 0 Å². The zero-order valence-electron chi connectivity index (χ0n) is 11.4. The first-order chi connectivity index (χ1) is 8.99. The van der Waals surface area contributed by atoms with E-state index in [2.05, 4.69) is 4.74 Å². The van der Waals surface area contributed by atoms with E-state index >= 15 is 0 Å². The van der Waals surface area contributed by atoms with E-state index in [9.17, 15) is 4.79 Å². The topological polar surface area (TPSA) is 44.8 Å². The van der Waals surface area contributed by atoms with Gasteiger partial charge in [0.05, 0.1) is 13.5 Å². The molecule has 0 fully saturated rings. The number of esters is 1. The van der Waals surface area contributed by atoms with Crippen molar-refractivity contribution >= 4 is 32.6 Å². The highest BCUT2D eigenvalue weighted by Crippen LogP contribution is 2.29. The number of benzene rings is 1. The van der Waals surface area contributed by atoms with Crippen molar-refractivity contribution in [3.05, 3.63) is 23.8 Å². The molecule has 0 aromatic heterocycles. The fraction of sp³-hybridized carbons (Fsp3) is 0.462. The molecule has 0 bridgehead atoms. The normalized spacial score (nSPS) is 11.3. The molecule has 1 rings (SSSR count). The zero-order valence-corrected chi connectivity index (χ0v) is 11.4. The Kier molecular flexibility index (Phi) is 5.63. The predicted molar refractivity (Wildman–Crippen MR) is 74.2 cm³/mol. The molecule has 1 aromatic carbocycles. The van der Waals surface area contributed by atoms with Crippen molar-refractivity contribution in [2.45, 2.75) is 18.6 Å². The lowest BCUT2D eigenvalue weighted by molar-refractivity contribution is -0.221. The van der Waals surface area contributed by atoms with Crippen LogP contribution in [0.5, 0.6) is 0 Å². The third-order valence-corrected chi connectivity index (χ3v) is 3.03. The Hall–Kier alpha value is -1.26. The molecule has 98 valence electrons. The number of ether oxygens (including phenoxy) is 3. The first-order valence-electron chi connectivity index (χ1n) is 5.81. The van der Waals surface area contributed by atoms with Crippen LogP contribution >= 0.6 is 0 Å². The maximum Gasteiger partial charge on any atom is 0.305 e. The Bertz CT molecular complexity index is 444. The van der Waals surface area contributed by atoms with Crippen LogP contribution in [0.2, 0.25) is 0 Å². The summed E-state index contributed by atoms with van der Waals surface area (Å²) in [7, 11) is 16.0. The van der Waals surface area contributed by atoms with Gasteiger partial charge in [0.25, 0.3) is 0 Å². The number of rotatable bonds is 6. The molecule has 0 saturated heterocycles. The number of hydrogen-bond donors (Lipinski definition) is 0. The van der Waals surface area contributed by atoms with Crippen LogP contribution in [-0.4, -0.2) is 43.0 Å². The molecular weight excluding hydrogens is 242 g/mol. The first-order valence-corrected chi connectivity index (χ1v) is 5.81. The maximum atomic E-state index is 11.3. The lowest BCUT2D eigenvalue weighted by atomic mass is 9.80. The van der Waals surface area contributed by atoms with Gasteiger partial charge in [-0.3, -0.25) is 4.79 Å². The van der Waals surface area contributed by atoms with Gasteiger partial charge in [-0.25, -0.2) is 0 Å². The van der Waals surface area contributed by atoms with Crippen LogP contribution in [0.3, 0.4) is 0 Å². The summed E-state index contributed by atoms with van der Waals surface area (Å²) in [5.74, 6) is -1.46. The van der Waals surface area contributed by atoms with Crippen LogP contribution in [0.1, 0.15) is 18.4 Å². The maximum absolute atomic E-state index is 11.3. The van der Waals surface area contributed by atoms with Crippen molar-refractivity contribution < 1.29 is 19.0 Å². The Morgan fingerprint density at radius 2 is 1.84 bits per heavy atom. The number of methoxy groups -OCH3 is 3. The molecule has 0 saturated carbocycles. The number of carbonyl (C=O) groups excluding carboxylic acids is 1. The van der Waals surface area contributed by atoms with Crippen LogP contribution in [0.15, 0.2) is 18.2 Å². The fourth-order valence-electron chi connectivity index (χ4n) is 1.91. The van der Waals surface area contributed by atoms with Crippen molar-refractivity contribution in [2.24, 2.45) is 0 Å². The highest BCUT2D eigenvalue weighted by Gasteiger charge is 2.34. The molecule has 0 aliphatic rings. The minimum Gasteiger partial charge on any atom is -0.469 e. The van der Waals surface area contributed by atoms with Crippen LogP contribution in [0, 0.1) is 0 Å². The Morgan fingerprint density at radius 3 is 2.37 bits per heavy atom. The summed E-state index contributed by atoms with van der Waals surface area (Å²) < 4.78 is 15.5. The molecule has 6 heteroatoms. The largest absolute Gasteiger partial charge is 0.469 e. The quantitative estimate of drug-likeness (QED) is 0.398.